The lowest BCUT2D eigenvalue weighted by Gasteiger charge is -2.47. The first-order valence-electron chi connectivity index (χ1n) is 9.71. The summed E-state index contributed by atoms with van der Waals surface area (Å²) in [6.45, 7) is 6.45. The Morgan fingerprint density at radius 2 is 1.68 bits per heavy atom. The fraction of sp³-hybridized carbons (Fsp3) is 0.737. The molecular formula is C19H28N6. The molecule has 3 aliphatic rings. The van der Waals surface area contributed by atoms with Gasteiger partial charge in [-0.1, -0.05) is 0 Å². The van der Waals surface area contributed by atoms with Crippen molar-refractivity contribution >= 4 is 5.82 Å². The molecule has 1 aromatic rings. The molecule has 0 unspecified atom stereocenters. The van der Waals surface area contributed by atoms with Crippen LogP contribution in [0.5, 0.6) is 0 Å². The number of anilines is 1. The zero-order valence-corrected chi connectivity index (χ0v) is 15.0. The molecule has 134 valence electrons. The summed E-state index contributed by atoms with van der Waals surface area (Å²) in [7, 11) is 0. The van der Waals surface area contributed by atoms with Crippen molar-refractivity contribution in [2.24, 2.45) is 5.41 Å². The highest BCUT2D eigenvalue weighted by Crippen LogP contribution is 2.44. The third-order valence-corrected chi connectivity index (χ3v) is 6.60. The van der Waals surface area contributed by atoms with Crippen LogP contribution in [0.1, 0.15) is 44.2 Å². The van der Waals surface area contributed by atoms with Gasteiger partial charge < -0.3 is 10.2 Å². The van der Waals surface area contributed by atoms with Gasteiger partial charge in [-0.05, 0) is 57.0 Å². The number of aromatic nitrogens is 2. The number of nitrogens with zero attached hydrogens (tertiary/aromatic N) is 5. The first kappa shape index (κ1) is 16.7. The molecule has 4 rings (SSSR count). The molecule has 0 bridgehead atoms. The summed E-state index contributed by atoms with van der Waals surface area (Å²) < 4.78 is 0. The highest BCUT2D eigenvalue weighted by Gasteiger charge is 2.38. The van der Waals surface area contributed by atoms with Crippen molar-refractivity contribution in [1.82, 2.24) is 20.2 Å². The van der Waals surface area contributed by atoms with E-state index in [0.717, 1.165) is 38.0 Å². The van der Waals surface area contributed by atoms with E-state index < -0.39 is 0 Å². The first-order valence-corrected chi connectivity index (χ1v) is 9.71. The van der Waals surface area contributed by atoms with E-state index in [-0.39, 0.29) is 0 Å². The summed E-state index contributed by atoms with van der Waals surface area (Å²) in [5, 5.41) is 12.7. The Labute approximate surface area is 150 Å². The van der Waals surface area contributed by atoms with Gasteiger partial charge in [0.1, 0.15) is 6.07 Å². The molecule has 1 N–H and O–H groups in total. The van der Waals surface area contributed by atoms with Gasteiger partial charge in [0.05, 0.1) is 0 Å². The van der Waals surface area contributed by atoms with Crippen molar-refractivity contribution in [2.75, 3.05) is 44.2 Å². The average Bonchev–Trinajstić information content (AvgIpc) is 2.69. The molecule has 1 spiro atoms. The van der Waals surface area contributed by atoms with Crippen molar-refractivity contribution in [3.63, 3.8) is 0 Å². The van der Waals surface area contributed by atoms with Crippen molar-refractivity contribution in [3.8, 4) is 6.07 Å². The SMILES string of the molecule is N#Cc1nccnc1N1CCN(C2CCC3(CCNCC3)CC2)CC1. The third-order valence-electron chi connectivity index (χ3n) is 6.60. The van der Waals surface area contributed by atoms with Gasteiger partial charge in [0, 0.05) is 44.6 Å². The Morgan fingerprint density at radius 1 is 1.00 bits per heavy atom. The fourth-order valence-electron chi connectivity index (χ4n) is 4.98. The van der Waals surface area contributed by atoms with Crippen LogP contribution < -0.4 is 10.2 Å². The van der Waals surface area contributed by atoms with E-state index in [0.29, 0.717) is 11.1 Å². The highest BCUT2D eigenvalue weighted by atomic mass is 15.3. The molecular weight excluding hydrogens is 312 g/mol. The molecule has 0 aromatic carbocycles. The standard InChI is InChI=1S/C19H28N6/c20-15-17-18(23-10-9-22-17)25-13-11-24(12-14-25)16-1-3-19(4-2-16)5-7-21-8-6-19/h9-10,16,21H,1-8,11-14H2. The Morgan fingerprint density at radius 3 is 2.36 bits per heavy atom. The summed E-state index contributed by atoms with van der Waals surface area (Å²) in [5.74, 6) is 0.752. The molecule has 1 aliphatic carbocycles. The maximum absolute atomic E-state index is 9.23. The molecule has 3 fully saturated rings. The van der Waals surface area contributed by atoms with Crippen LogP contribution in [0, 0.1) is 16.7 Å². The topological polar surface area (TPSA) is 68.1 Å². The summed E-state index contributed by atoms with van der Waals surface area (Å²) in [5.41, 5.74) is 1.09. The lowest BCUT2D eigenvalue weighted by molar-refractivity contribution is 0.0626. The van der Waals surface area contributed by atoms with Crippen LogP contribution in [0.4, 0.5) is 5.82 Å². The number of rotatable bonds is 2. The largest absolute Gasteiger partial charge is 0.352 e. The molecule has 0 amide bonds. The summed E-state index contributed by atoms with van der Waals surface area (Å²) in [4.78, 5) is 13.4. The van der Waals surface area contributed by atoms with Gasteiger partial charge in [-0.25, -0.2) is 9.97 Å². The molecule has 6 heteroatoms. The Kier molecular flexibility index (Phi) is 4.87. The van der Waals surface area contributed by atoms with Gasteiger partial charge in [0.15, 0.2) is 11.5 Å². The lowest BCUT2D eigenvalue weighted by Crippen LogP contribution is -2.52. The summed E-state index contributed by atoms with van der Waals surface area (Å²) >= 11 is 0. The number of piperidine rings is 1. The maximum Gasteiger partial charge on any atom is 0.183 e. The highest BCUT2D eigenvalue weighted by molar-refractivity contribution is 5.49. The Balaban J connectivity index is 1.31. The second-order valence-electron chi connectivity index (χ2n) is 7.84. The smallest absolute Gasteiger partial charge is 0.183 e. The number of hydrogen-bond donors (Lipinski definition) is 1. The minimum Gasteiger partial charge on any atom is -0.352 e. The molecule has 1 saturated carbocycles. The normalized spacial score (nSPS) is 25.0. The molecule has 0 radical (unpaired) electrons. The molecule has 3 heterocycles. The van der Waals surface area contributed by atoms with E-state index in [1.54, 1.807) is 12.4 Å². The maximum atomic E-state index is 9.23. The van der Waals surface area contributed by atoms with Crippen LogP contribution in [0.3, 0.4) is 0 Å². The van der Waals surface area contributed by atoms with Crippen LogP contribution >= 0.6 is 0 Å². The van der Waals surface area contributed by atoms with Crippen molar-refractivity contribution in [1.29, 1.82) is 5.26 Å². The number of hydrogen-bond acceptors (Lipinski definition) is 6. The molecule has 2 aliphatic heterocycles. The Bertz CT molecular complexity index is 615. The van der Waals surface area contributed by atoms with Crippen molar-refractivity contribution < 1.29 is 0 Å². The van der Waals surface area contributed by atoms with Crippen LogP contribution in [-0.4, -0.2) is 60.2 Å². The second kappa shape index (κ2) is 7.27. The quantitative estimate of drug-likeness (QED) is 0.885. The van der Waals surface area contributed by atoms with E-state index in [1.165, 1.54) is 51.6 Å². The van der Waals surface area contributed by atoms with E-state index in [4.69, 9.17) is 0 Å². The van der Waals surface area contributed by atoms with Gasteiger partial charge in [0.2, 0.25) is 0 Å². The van der Waals surface area contributed by atoms with E-state index in [1.807, 2.05) is 0 Å². The van der Waals surface area contributed by atoms with E-state index in [9.17, 15) is 5.26 Å². The minimum atomic E-state index is 0.446. The fourth-order valence-corrected chi connectivity index (χ4v) is 4.98. The molecule has 6 nitrogen and oxygen atoms in total. The molecule has 0 atom stereocenters. The van der Waals surface area contributed by atoms with Crippen LogP contribution in [-0.2, 0) is 0 Å². The Hall–Kier alpha value is -1.71. The van der Waals surface area contributed by atoms with Crippen LogP contribution in [0.15, 0.2) is 12.4 Å². The van der Waals surface area contributed by atoms with Gasteiger partial charge >= 0.3 is 0 Å². The average molecular weight is 340 g/mol. The van der Waals surface area contributed by atoms with Gasteiger partial charge in [-0.2, -0.15) is 5.26 Å². The van der Waals surface area contributed by atoms with Gasteiger partial charge in [-0.3, -0.25) is 4.90 Å². The minimum absolute atomic E-state index is 0.446. The lowest BCUT2D eigenvalue weighted by atomic mass is 9.67. The zero-order valence-electron chi connectivity index (χ0n) is 15.0. The zero-order chi connectivity index (χ0) is 17.1. The third kappa shape index (κ3) is 3.49. The summed E-state index contributed by atoms with van der Waals surface area (Å²) in [6.07, 6.45) is 11.5. The number of piperazine rings is 1. The monoisotopic (exact) mass is 340 g/mol. The van der Waals surface area contributed by atoms with Crippen molar-refractivity contribution in [3.05, 3.63) is 18.1 Å². The van der Waals surface area contributed by atoms with Crippen LogP contribution in [0.25, 0.3) is 0 Å². The van der Waals surface area contributed by atoms with Gasteiger partial charge in [0.25, 0.3) is 0 Å². The van der Waals surface area contributed by atoms with E-state index >= 15 is 0 Å². The second-order valence-corrected chi connectivity index (χ2v) is 7.84. The molecule has 2 saturated heterocycles. The van der Waals surface area contributed by atoms with E-state index in [2.05, 4.69) is 31.2 Å². The predicted molar refractivity (Wildman–Crippen MR) is 97.3 cm³/mol. The molecule has 1 aromatic heterocycles. The predicted octanol–water partition coefficient (Wildman–Crippen LogP) is 1.78. The first-order chi connectivity index (χ1) is 12.3. The van der Waals surface area contributed by atoms with Gasteiger partial charge in [-0.15, -0.1) is 0 Å². The number of nitriles is 1. The van der Waals surface area contributed by atoms with Crippen molar-refractivity contribution in [2.45, 2.75) is 44.6 Å². The van der Waals surface area contributed by atoms with Crippen LogP contribution in [0.2, 0.25) is 0 Å². The molecule has 25 heavy (non-hydrogen) atoms. The summed E-state index contributed by atoms with van der Waals surface area (Å²) in [6, 6.07) is 2.92. The number of nitrogens with one attached hydrogen (secondary N) is 1.